The summed E-state index contributed by atoms with van der Waals surface area (Å²) in [6.07, 6.45) is 13.2. The van der Waals surface area contributed by atoms with Crippen molar-refractivity contribution >= 4 is 42.7 Å². The van der Waals surface area contributed by atoms with Crippen LogP contribution in [0, 0.1) is 0 Å². The van der Waals surface area contributed by atoms with Crippen LogP contribution in [-0.4, -0.2) is 57.4 Å². The fraction of sp³-hybridized carbons (Fsp3) is 0.515. The van der Waals surface area contributed by atoms with Gasteiger partial charge in [-0.3, -0.25) is 4.79 Å². The average Bonchev–Trinajstić information content (AvgIpc) is 3.01. The predicted octanol–water partition coefficient (Wildman–Crippen LogP) is 7.61. The number of carbonyl (C=O) groups is 4. The Morgan fingerprint density at radius 3 is 2.02 bits per heavy atom. The van der Waals surface area contributed by atoms with Gasteiger partial charge in [0.1, 0.15) is 30.8 Å². The van der Waals surface area contributed by atoms with Crippen molar-refractivity contribution in [3.8, 4) is 23.0 Å². The minimum Gasteiger partial charge on any atom is -0.508 e. The van der Waals surface area contributed by atoms with E-state index in [1.165, 1.54) is 75.3 Å². The van der Waals surface area contributed by atoms with E-state index in [-0.39, 0.29) is 52.0 Å². The van der Waals surface area contributed by atoms with Crippen LogP contribution in [-0.2, 0) is 14.4 Å². The van der Waals surface area contributed by atoms with Crippen LogP contribution < -0.4 is 10.1 Å². The van der Waals surface area contributed by atoms with Crippen molar-refractivity contribution in [3.05, 3.63) is 42.0 Å². The number of halogens is 1. The number of phenolic OH excluding ortho intramolecular Hbond substituents is 2. The number of ether oxygens (including phenoxy) is 1. The molecule has 2 rings (SSSR count). The van der Waals surface area contributed by atoms with E-state index in [4.69, 9.17) is 25.9 Å². The third-order valence-electron chi connectivity index (χ3n) is 6.76. The van der Waals surface area contributed by atoms with Crippen molar-refractivity contribution in [2.75, 3.05) is 5.32 Å². The first kappa shape index (κ1) is 40.4. The smallest absolute Gasteiger partial charge is 0.335 e. The van der Waals surface area contributed by atoms with Gasteiger partial charge in [0.2, 0.25) is 5.91 Å². The molecule has 0 fully saturated rings. The maximum Gasteiger partial charge on any atom is 0.335 e. The highest BCUT2D eigenvalue weighted by molar-refractivity contribution is 6.21. The Kier molecular flexibility index (Phi) is 22.7. The molecular weight excluding hydrogens is 590 g/mol. The van der Waals surface area contributed by atoms with E-state index >= 15 is 0 Å². The number of amides is 1. The van der Waals surface area contributed by atoms with E-state index in [1.54, 1.807) is 0 Å². The largest absolute Gasteiger partial charge is 0.508 e. The number of carboxylic acids is 1. The lowest BCUT2D eigenvalue weighted by molar-refractivity contribution is -0.116. The minimum absolute atomic E-state index is 0.0608. The van der Waals surface area contributed by atoms with Crippen molar-refractivity contribution in [2.24, 2.45) is 0 Å². The average molecular weight is 638 g/mol. The Hall–Kier alpha value is -3.63. The molecule has 0 bridgehead atoms. The molecule has 0 aliphatic carbocycles. The Morgan fingerprint density at radius 1 is 0.818 bits per heavy atom. The number of nitrogens with one attached hydrogen (secondary N) is 1. The normalized spacial score (nSPS) is 11.6. The van der Waals surface area contributed by atoms with Crippen LogP contribution in [0.5, 0.6) is 23.0 Å². The van der Waals surface area contributed by atoms with Gasteiger partial charge in [-0.2, -0.15) is 0 Å². The maximum atomic E-state index is 12.6. The number of carbonyl (C=O) groups excluding carboxylic acids is 3. The summed E-state index contributed by atoms with van der Waals surface area (Å²) >= 11 is 6.40. The predicted molar refractivity (Wildman–Crippen MR) is 172 cm³/mol. The van der Waals surface area contributed by atoms with E-state index in [1.807, 2.05) is 13.6 Å². The molecule has 2 atom stereocenters. The summed E-state index contributed by atoms with van der Waals surface area (Å²) in [5.41, 5.74) is 0.0425. The highest BCUT2D eigenvalue weighted by Gasteiger charge is 2.17. The molecule has 246 valence electrons. The van der Waals surface area contributed by atoms with Crippen molar-refractivity contribution in [1.82, 2.24) is 0 Å². The molecule has 0 spiro atoms. The van der Waals surface area contributed by atoms with Crippen molar-refractivity contribution in [2.45, 2.75) is 108 Å². The van der Waals surface area contributed by atoms with Crippen LogP contribution in [0.2, 0.25) is 0 Å². The number of aliphatic hydroxyl groups is 1. The van der Waals surface area contributed by atoms with Crippen LogP contribution in [0.1, 0.15) is 107 Å². The van der Waals surface area contributed by atoms with Crippen LogP contribution in [0.3, 0.4) is 0 Å². The fourth-order valence-corrected chi connectivity index (χ4v) is 4.75. The molecular formula is C33H48ClNO9. The van der Waals surface area contributed by atoms with Crippen molar-refractivity contribution in [1.29, 1.82) is 0 Å². The molecule has 11 heteroatoms. The summed E-state index contributed by atoms with van der Waals surface area (Å²) in [5.74, 6) is -1.67. The number of hydrogen-bond acceptors (Lipinski definition) is 8. The quantitative estimate of drug-likeness (QED) is 0.0724. The molecule has 0 aromatic heterocycles. The van der Waals surface area contributed by atoms with Crippen LogP contribution >= 0.6 is 11.6 Å². The second kappa shape index (κ2) is 24.8. The molecule has 0 radical (unpaired) electrons. The molecule has 0 aliphatic heterocycles. The minimum atomic E-state index is -1.23. The zero-order valence-electron chi connectivity index (χ0n) is 25.6. The second-order valence-corrected chi connectivity index (χ2v) is 10.9. The summed E-state index contributed by atoms with van der Waals surface area (Å²) < 4.78 is 5.70. The fourth-order valence-electron chi connectivity index (χ4n) is 4.47. The summed E-state index contributed by atoms with van der Waals surface area (Å²) in [7, 11) is 0. The Morgan fingerprint density at radius 2 is 1.41 bits per heavy atom. The molecule has 1 amide bonds. The Balaban J connectivity index is 0.00000443. The highest BCUT2D eigenvalue weighted by atomic mass is 35.5. The number of aliphatic hydroxyl groups excluding tert-OH is 1. The lowest BCUT2D eigenvalue weighted by Crippen LogP contribution is -2.21. The molecule has 0 heterocycles. The molecule has 2 aromatic carbocycles. The van der Waals surface area contributed by atoms with Crippen LogP contribution in [0.25, 0.3) is 0 Å². The van der Waals surface area contributed by atoms with Gasteiger partial charge in [0.05, 0.1) is 22.7 Å². The lowest BCUT2D eigenvalue weighted by atomic mass is 10.0. The number of aromatic carboxylic acids is 1. The van der Waals surface area contributed by atoms with Crippen LogP contribution in [0.15, 0.2) is 36.4 Å². The summed E-state index contributed by atoms with van der Waals surface area (Å²) in [5, 5.41) is 41.7. The number of phenols is 2. The van der Waals surface area contributed by atoms with Gasteiger partial charge < -0.3 is 40.1 Å². The lowest BCUT2D eigenvalue weighted by Gasteiger charge is -2.17. The van der Waals surface area contributed by atoms with Gasteiger partial charge in [-0.25, -0.2) is 4.79 Å². The van der Waals surface area contributed by atoms with Crippen molar-refractivity contribution in [3.63, 3.8) is 0 Å². The molecule has 0 saturated carbocycles. The first-order valence-corrected chi connectivity index (χ1v) is 15.4. The van der Waals surface area contributed by atoms with Gasteiger partial charge in [-0.05, 0) is 43.5 Å². The van der Waals surface area contributed by atoms with Gasteiger partial charge in [-0.15, -0.1) is 11.6 Å². The zero-order chi connectivity index (χ0) is 33.3. The molecule has 10 nitrogen and oxygen atoms in total. The summed E-state index contributed by atoms with van der Waals surface area (Å²) in [6, 6.07) is 7.70. The highest BCUT2D eigenvalue weighted by Crippen LogP contribution is 2.34. The van der Waals surface area contributed by atoms with Crippen molar-refractivity contribution < 1.29 is 44.3 Å². The number of benzene rings is 2. The van der Waals surface area contributed by atoms with Gasteiger partial charge in [0.15, 0.2) is 5.75 Å². The zero-order valence-corrected chi connectivity index (χ0v) is 26.4. The molecule has 0 aliphatic rings. The number of unbranched alkanes of at least 4 members (excludes halogenated alkanes) is 9. The summed E-state index contributed by atoms with van der Waals surface area (Å²) in [6.45, 7) is 6.22. The third kappa shape index (κ3) is 17.5. The Labute approximate surface area is 265 Å². The molecule has 2 aromatic rings. The SMILES string of the molecule is C=O.C=O.CCCCCCCCCCCC(Cl)C(O)CCCCC(=O)Nc1cc(O)ccc1Oc1cc(O)cc(C(=O)O)c1. The number of rotatable bonds is 20. The third-order valence-corrected chi connectivity index (χ3v) is 7.27. The summed E-state index contributed by atoms with van der Waals surface area (Å²) in [4.78, 5) is 39.8. The van der Waals surface area contributed by atoms with Gasteiger partial charge in [0.25, 0.3) is 0 Å². The molecule has 44 heavy (non-hydrogen) atoms. The number of hydrogen-bond donors (Lipinski definition) is 5. The monoisotopic (exact) mass is 637 g/mol. The van der Waals surface area contributed by atoms with E-state index in [0.717, 1.165) is 25.3 Å². The van der Waals surface area contributed by atoms with E-state index in [9.17, 15) is 30.0 Å². The molecule has 2 unspecified atom stereocenters. The number of anilines is 1. The second-order valence-electron chi connectivity index (χ2n) is 10.3. The first-order valence-electron chi connectivity index (χ1n) is 15.0. The van der Waals surface area contributed by atoms with Gasteiger partial charge in [0, 0.05) is 18.6 Å². The van der Waals surface area contributed by atoms with E-state index < -0.39 is 12.1 Å². The van der Waals surface area contributed by atoms with E-state index in [2.05, 4.69) is 12.2 Å². The first-order chi connectivity index (χ1) is 21.2. The maximum absolute atomic E-state index is 12.6. The molecule has 5 N–H and O–H groups in total. The topological polar surface area (TPSA) is 170 Å². The van der Waals surface area contributed by atoms with Gasteiger partial charge >= 0.3 is 5.97 Å². The molecule has 0 saturated heterocycles. The van der Waals surface area contributed by atoms with Gasteiger partial charge in [-0.1, -0.05) is 71.1 Å². The van der Waals surface area contributed by atoms with E-state index in [0.29, 0.717) is 19.3 Å². The Bertz CT molecular complexity index is 1100. The standard InChI is InChI=1S/C31H44ClNO7.2CH2O/c1-2-3-4-5-6-7-8-9-10-13-26(32)28(36)14-11-12-15-30(37)33-27-21-23(34)16-17-29(27)40-25-19-22(31(38)39)18-24(35)20-25;2*1-2/h16-21,26,28,34-36H,2-15H2,1H3,(H,33,37)(H,38,39);2*1H2. The number of aromatic hydroxyl groups is 2. The number of carboxylic acid groups (broad SMARTS) is 1. The van der Waals surface area contributed by atoms with Crippen LogP contribution in [0.4, 0.5) is 5.69 Å². The number of alkyl halides is 1.